The third-order valence-corrected chi connectivity index (χ3v) is 2.18. The van der Waals surface area contributed by atoms with Gasteiger partial charge in [-0.25, -0.2) is 0 Å². The molecule has 0 unspecified atom stereocenters. The summed E-state index contributed by atoms with van der Waals surface area (Å²) in [5.41, 5.74) is -0.104. The Kier molecular flexibility index (Phi) is 8.57. The van der Waals surface area contributed by atoms with Gasteiger partial charge in [0.05, 0.1) is 19.8 Å². The van der Waals surface area contributed by atoms with Crippen LogP contribution in [0.4, 0.5) is 0 Å². The van der Waals surface area contributed by atoms with E-state index >= 15 is 0 Å². The van der Waals surface area contributed by atoms with Gasteiger partial charge in [0.15, 0.2) is 0 Å². The van der Waals surface area contributed by atoms with Crippen LogP contribution in [0.2, 0.25) is 0 Å². The molecular weight excluding hydrogens is 238 g/mol. The van der Waals surface area contributed by atoms with Gasteiger partial charge in [0.25, 0.3) is 5.91 Å². The first-order valence-electron chi connectivity index (χ1n) is 5.54. The molecule has 0 spiro atoms. The molecule has 0 aliphatic carbocycles. The first-order chi connectivity index (χ1) is 8.60. The summed E-state index contributed by atoms with van der Waals surface area (Å²) in [6, 6.07) is 1.77. The average Bonchev–Trinajstić information content (AvgIpc) is 2.35. The summed E-state index contributed by atoms with van der Waals surface area (Å²) < 4.78 is 0. The van der Waals surface area contributed by atoms with Crippen LogP contribution in [0.1, 0.15) is 0 Å². The van der Waals surface area contributed by atoms with E-state index in [1.54, 1.807) is 13.1 Å². The summed E-state index contributed by atoms with van der Waals surface area (Å²) in [6.45, 7) is -0.145. The maximum absolute atomic E-state index is 11.9. The third-order valence-electron chi connectivity index (χ3n) is 2.18. The second-order valence-electron chi connectivity index (χ2n) is 3.60. The number of aliphatic hydroxyl groups is 3. The number of nitrogens with zero attached hydrogens (tertiary/aromatic N) is 3. The number of amides is 1. The van der Waals surface area contributed by atoms with E-state index in [2.05, 4.69) is 0 Å². The molecule has 0 radical (unpaired) electrons. The minimum absolute atomic E-state index is 0.0577. The lowest BCUT2D eigenvalue weighted by atomic mass is 10.2. The largest absolute Gasteiger partial charge is 0.395 e. The zero-order valence-electron chi connectivity index (χ0n) is 10.4. The minimum atomic E-state index is -0.551. The van der Waals surface area contributed by atoms with E-state index in [4.69, 9.17) is 20.6 Å². The Morgan fingerprint density at radius 1 is 1.17 bits per heavy atom. The Balaban J connectivity index is 4.81. The molecule has 0 aliphatic rings. The van der Waals surface area contributed by atoms with Crippen molar-refractivity contribution in [1.82, 2.24) is 9.80 Å². The molecule has 1 amide bonds. The van der Waals surface area contributed by atoms with Gasteiger partial charge in [-0.1, -0.05) is 0 Å². The van der Waals surface area contributed by atoms with Gasteiger partial charge in [0, 0.05) is 32.9 Å². The Morgan fingerprint density at radius 3 is 2.06 bits per heavy atom. The first kappa shape index (κ1) is 16.4. The lowest BCUT2D eigenvalue weighted by Gasteiger charge is -2.21. The van der Waals surface area contributed by atoms with Crippen LogP contribution in [0.5, 0.6) is 0 Å². The zero-order chi connectivity index (χ0) is 14.0. The second-order valence-corrected chi connectivity index (χ2v) is 3.60. The van der Waals surface area contributed by atoms with Crippen molar-refractivity contribution in [3.63, 3.8) is 0 Å². The topological polar surface area (TPSA) is 108 Å². The maximum Gasteiger partial charge on any atom is 0.266 e. The molecule has 0 atom stereocenters. The van der Waals surface area contributed by atoms with Crippen molar-refractivity contribution in [2.24, 2.45) is 0 Å². The fourth-order valence-corrected chi connectivity index (χ4v) is 1.30. The molecule has 0 fully saturated rings. The molecular formula is C11H19N3O4. The van der Waals surface area contributed by atoms with E-state index in [9.17, 15) is 4.79 Å². The predicted molar refractivity (Wildman–Crippen MR) is 64.2 cm³/mol. The Hall–Kier alpha value is -1.62. The summed E-state index contributed by atoms with van der Waals surface area (Å²) in [5.74, 6) is -0.551. The van der Waals surface area contributed by atoms with E-state index in [1.165, 1.54) is 16.0 Å². The third kappa shape index (κ3) is 5.63. The molecule has 7 heteroatoms. The molecule has 0 aliphatic heterocycles. The average molecular weight is 257 g/mol. The number of likely N-dealkylation sites (N-methyl/N-ethyl adjacent to an activating group) is 1. The summed E-state index contributed by atoms with van der Waals surface area (Å²) in [5, 5.41) is 35.3. The van der Waals surface area contributed by atoms with E-state index in [0.717, 1.165) is 0 Å². The van der Waals surface area contributed by atoms with Gasteiger partial charge < -0.3 is 25.1 Å². The van der Waals surface area contributed by atoms with E-state index in [-0.39, 0.29) is 38.5 Å². The van der Waals surface area contributed by atoms with Crippen LogP contribution < -0.4 is 0 Å². The molecule has 102 valence electrons. The van der Waals surface area contributed by atoms with Crippen LogP contribution in [-0.2, 0) is 4.79 Å². The van der Waals surface area contributed by atoms with Crippen molar-refractivity contribution in [3.05, 3.63) is 11.8 Å². The van der Waals surface area contributed by atoms with Crippen LogP contribution in [0.15, 0.2) is 11.8 Å². The van der Waals surface area contributed by atoms with Crippen molar-refractivity contribution in [3.8, 4) is 6.07 Å². The normalized spacial score (nSPS) is 10.9. The van der Waals surface area contributed by atoms with Gasteiger partial charge in [0.2, 0.25) is 0 Å². The standard InChI is InChI=1S/C11H19N3O4/c1-13(2-5-15)9-10(8-12)11(18)14(3-6-16)4-7-17/h9,15-17H,2-7H2,1H3/b10-9-. The highest BCUT2D eigenvalue weighted by molar-refractivity contribution is 5.97. The van der Waals surface area contributed by atoms with Crippen LogP contribution in [0.3, 0.4) is 0 Å². The highest BCUT2D eigenvalue weighted by atomic mass is 16.3. The molecule has 0 heterocycles. The molecule has 0 aromatic heterocycles. The zero-order valence-corrected chi connectivity index (χ0v) is 10.4. The molecule has 3 N–H and O–H groups in total. The smallest absolute Gasteiger partial charge is 0.266 e. The first-order valence-corrected chi connectivity index (χ1v) is 5.54. The number of hydrogen-bond acceptors (Lipinski definition) is 6. The van der Waals surface area contributed by atoms with E-state index in [1.807, 2.05) is 0 Å². The molecule has 7 nitrogen and oxygen atoms in total. The van der Waals surface area contributed by atoms with Crippen molar-refractivity contribution in [1.29, 1.82) is 5.26 Å². The van der Waals surface area contributed by atoms with Crippen molar-refractivity contribution < 1.29 is 20.1 Å². The van der Waals surface area contributed by atoms with Gasteiger partial charge in [-0.15, -0.1) is 0 Å². The highest BCUT2D eigenvalue weighted by Gasteiger charge is 2.17. The predicted octanol–water partition coefficient (Wildman–Crippen LogP) is -1.87. The summed E-state index contributed by atoms with van der Waals surface area (Å²) in [7, 11) is 1.63. The highest BCUT2D eigenvalue weighted by Crippen LogP contribution is 2.02. The molecule has 18 heavy (non-hydrogen) atoms. The molecule has 0 aromatic carbocycles. The Labute approximate surface area is 106 Å². The lowest BCUT2D eigenvalue weighted by molar-refractivity contribution is -0.127. The monoisotopic (exact) mass is 257 g/mol. The van der Waals surface area contributed by atoms with Gasteiger partial charge in [-0.05, 0) is 0 Å². The van der Waals surface area contributed by atoms with Crippen LogP contribution in [0.25, 0.3) is 0 Å². The number of carbonyl (C=O) groups is 1. The van der Waals surface area contributed by atoms with Gasteiger partial charge in [0.1, 0.15) is 11.6 Å². The fraction of sp³-hybridized carbons (Fsp3) is 0.636. The summed E-state index contributed by atoms with van der Waals surface area (Å²) in [6.07, 6.45) is 1.33. The number of hydrogen-bond donors (Lipinski definition) is 3. The Morgan fingerprint density at radius 2 is 1.67 bits per heavy atom. The van der Waals surface area contributed by atoms with E-state index in [0.29, 0.717) is 6.54 Å². The van der Waals surface area contributed by atoms with Crippen molar-refractivity contribution >= 4 is 5.91 Å². The van der Waals surface area contributed by atoms with E-state index < -0.39 is 5.91 Å². The minimum Gasteiger partial charge on any atom is -0.395 e. The molecule has 0 saturated heterocycles. The van der Waals surface area contributed by atoms with Crippen LogP contribution in [0, 0.1) is 11.3 Å². The summed E-state index contributed by atoms with van der Waals surface area (Å²) in [4.78, 5) is 14.6. The van der Waals surface area contributed by atoms with Crippen molar-refractivity contribution in [2.45, 2.75) is 0 Å². The van der Waals surface area contributed by atoms with Gasteiger partial charge in [-0.3, -0.25) is 4.79 Å². The lowest BCUT2D eigenvalue weighted by Crippen LogP contribution is -2.37. The molecule has 0 rings (SSSR count). The van der Waals surface area contributed by atoms with Crippen LogP contribution >= 0.6 is 0 Å². The second kappa shape index (κ2) is 9.41. The Bertz CT molecular complexity index is 319. The maximum atomic E-state index is 11.9. The SMILES string of the molecule is CN(/C=C(/C#N)C(=O)N(CCO)CCO)CCO. The fourth-order valence-electron chi connectivity index (χ4n) is 1.30. The van der Waals surface area contributed by atoms with Gasteiger partial charge >= 0.3 is 0 Å². The van der Waals surface area contributed by atoms with Gasteiger partial charge in [-0.2, -0.15) is 5.26 Å². The molecule has 0 bridgehead atoms. The molecule has 0 aromatic rings. The summed E-state index contributed by atoms with van der Waals surface area (Å²) >= 11 is 0. The number of nitriles is 1. The van der Waals surface area contributed by atoms with Crippen molar-refractivity contribution in [2.75, 3.05) is 46.5 Å². The number of rotatable bonds is 8. The van der Waals surface area contributed by atoms with Crippen LogP contribution in [-0.4, -0.2) is 77.5 Å². The number of carbonyl (C=O) groups excluding carboxylic acids is 1. The number of aliphatic hydroxyl groups excluding tert-OH is 3. The quantitative estimate of drug-likeness (QED) is 0.347. The molecule has 0 saturated carbocycles.